The lowest BCUT2D eigenvalue weighted by Crippen LogP contribution is -2.05. The summed E-state index contributed by atoms with van der Waals surface area (Å²) in [6.07, 6.45) is 0.776. The molecule has 0 fully saturated rings. The highest BCUT2D eigenvalue weighted by molar-refractivity contribution is 7.98. The Morgan fingerprint density at radius 3 is 2.62 bits per heavy atom. The Kier molecular flexibility index (Phi) is 7.75. The standard InChI is InChI=1S/C26H24ClFN2O3S/c1-3-33-25(31)18-7-11-24-23(14-18)29-26(34-16-19-6-8-20(27)15-22(19)28)30(24)13-12-17-4-9-21(32-2)10-5-17/h4-11,14-15H,3,12-13,16H2,1-2H3. The Bertz CT molecular complexity index is 1310. The number of ether oxygens (including phenoxy) is 2. The quantitative estimate of drug-likeness (QED) is 0.193. The van der Waals surface area contributed by atoms with Gasteiger partial charge in [0.05, 0.1) is 30.3 Å². The van der Waals surface area contributed by atoms with E-state index >= 15 is 0 Å². The number of hydrogen-bond acceptors (Lipinski definition) is 5. The first kappa shape index (κ1) is 24.1. The van der Waals surface area contributed by atoms with E-state index in [4.69, 9.17) is 26.1 Å². The van der Waals surface area contributed by atoms with Crippen molar-refractivity contribution >= 4 is 40.4 Å². The molecule has 176 valence electrons. The van der Waals surface area contributed by atoms with Crippen LogP contribution < -0.4 is 4.74 Å². The zero-order valence-corrected chi connectivity index (χ0v) is 20.5. The van der Waals surface area contributed by atoms with Gasteiger partial charge in [0.2, 0.25) is 0 Å². The maximum absolute atomic E-state index is 14.3. The van der Waals surface area contributed by atoms with Crippen molar-refractivity contribution < 1.29 is 18.7 Å². The Hall–Kier alpha value is -3.03. The van der Waals surface area contributed by atoms with Crippen LogP contribution >= 0.6 is 23.4 Å². The van der Waals surface area contributed by atoms with Gasteiger partial charge in [-0.3, -0.25) is 0 Å². The second kappa shape index (κ2) is 10.9. The number of nitrogens with zero attached hydrogens (tertiary/aromatic N) is 2. The van der Waals surface area contributed by atoms with Gasteiger partial charge < -0.3 is 14.0 Å². The monoisotopic (exact) mass is 498 g/mol. The highest BCUT2D eigenvalue weighted by atomic mass is 35.5. The van der Waals surface area contributed by atoms with Crippen molar-refractivity contribution in [3.8, 4) is 5.75 Å². The van der Waals surface area contributed by atoms with Gasteiger partial charge in [0, 0.05) is 17.3 Å². The van der Waals surface area contributed by atoms with Gasteiger partial charge >= 0.3 is 5.97 Å². The molecular formula is C26H24ClFN2O3S. The van der Waals surface area contributed by atoms with Gasteiger partial charge in [-0.25, -0.2) is 14.2 Å². The Morgan fingerprint density at radius 2 is 1.91 bits per heavy atom. The number of aromatic nitrogens is 2. The molecule has 0 bridgehead atoms. The number of fused-ring (bicyclic) bond motifs is 1. The van der Waals surface area contributed by atoms with E-state index in [1.54, 1.807) is 38.3 Å². The average molecular weight is 499 g/mol. The molecule has 0 atom stereocenters. The summed E-state index contributed by atoms with van der Waals surface area (Å²) in [5.41, 5.74) is 3.76. The largest absolute Gasteiger partial charge is 0.497 e. The lowest BCUT2D eigenvalue weighted by atomic mass is 10.1. The van der Waals surface area contributed by atoms with E-state index in [0.717, 1.165) is 28.4 Å². The summed E-state index contributed by atoms with van der Waals surface area (Å²) in [5.74, 6) is 0.490. The fourth-order valence-electron chi connectivity index (χ4n) is 3.59. The highest BCUT2D eigenvalue weighted by Gasteiger charge is 2.16. The van der Waals surface area contributed by atoms with E-state index in [0.29, 0.717) is 40.6 Å². The first-order valence-electron chi connectivity index (χ1n) is 10.9. The maximum atomic E-state index is 14.3. The van der Waals surface area contributed by atoms with Crippen LogP contribution in [-0.2, 0) is 23.5 Å². The molecule has 0 N–H and O–H groups in total. The highest BCUT2D eigenvalue weighted by Crippen LogP contribution is 2.29. The van der Waals surface area contributed by atoms with Crippen molar-refractivity contribution in [1.82, 2.24) is 9.55 Å². The van der Waals surface area contributed by atoms with Crippen LogP contribution in [0.2, 0.25) is 5.02 Å². The van der Waals surface area contributed by atoms with Crippen molar-refractivity contribution in [1.29, 1.82) is 0 Å². The molecule has 0 spiro atoms. The third kappa shape index (κ3) is 5.54. The molecule has 0 radical (unpaired) electrons. The Labute approximate surface area is 206 Å². The Morgan fingerprint density at radius 1 is 1.12 bits per heavy atom. The number of benzene rings is 3. The molecule has 0 unspecified atom stereocenters. The van der Waals surface area contributed by atoms with Gasteiger partial charge in [-0.1, -0.05) is 41.6 Å². The summed E-state index contributed by atoms with van der Waals surface area (Å²) in [4.78, 5) is 17.0. The van der Waals surface area contributed by atoms with Gasteiger partial charge in [-0.15, -0.1) is 0 Å². The molecule has 5 nitrogen and oxygen atoms in total. The molecule has 0 aliphatic carbocycles. The minimum atomic E-state index is -0.380. The number of aryl methyl sites for hydroxylation is 2. The molecule has 1 heterocycles. The topological polar surface area (TPSA) is 53.3 Å². The van der Waals surface area contributed by atoms with Gasteiger partial charge in [-0.2, -0.15) is 0 Å². The molecule has 0 saturated carbocycles. The number of rotatable bonds is 9. The smallest absolute Gasteiger partial charge is 0.338 e. The number of carbonyl (C=O) groups is 1. The maximum Gasteiger partial charge on any atom is 0.338 e. The zero-order chi connectivity index (χ0) is 24.1. The van der Waals surface area contributed by atoms with E-state index in [1.165, 1.54) is 17.8 Å². The lowest BCUT2D eigenvalue weighted by molar-refractivity contribution is 0.0526. The predicted molar refractivity (Wildman–Crippen MR) is 133 cm³/mol. The van der Waals surface area contributed by atoms with Crippen molar-refractivity contribution in [2.24, 2.45) is 0 Å². The number of thioether (sulfide) groups is 1. The van der Waals surface area contributed by atoms with E-state index < -0.39 is 0 Å². The van der Waals surface area contributed by atoms with Gasteiger partial charge in [0.15, 0.2) is 5.16 Å². The SMILES string of the molecule is CCOC(=O)c1ccc2c(c1)nc(SCc1ccc(Cl)cc1F)n2CCc1ccc(OC)cc1. The molecule has 4 rings (SSSR count). The lowest BCUT2D eigenvalue weighted by Gasteiger charge is -2.10. The molecule has 0 amide bonds. The summed E-state index contributed by atoms with van der Waals surface area (Å²) < 4.78 is 26.8. The van der Waals surface area contributed by atoms with E-state index in [-0.39, 0.29) is 11.8 Å². The third-order valence-corrected chi connectivity index (χ3v) is 6.64. The second-order valence-electron chi connectivity index (χ2n) is 7.59. The first-order valence-corrected chi connectivity index (χ1v) is 12.2. The average Bonchev–Trinajstić information content (AvgIpc) is 3.19. The van der Waals surface area contributed by atoms with Crippen LogP contribution in [0.1, 0.15) is 28.4 Å². The normalized spacial score (nSPS) is 11.1. The fraction of sp³-hybridized carbons (Fsp3) is 0.231. The fourth-order valence-corrected chi connectivity index (χ4v) is 4.78. The number of hydrogen-bond donors (Lipinski definition) is 0. The number of esters is 1. The number of carbonyl (C=O) groups excluding carboxylic acids is 1. The molecule has 8 heteroatoms. The predicted octanol–water partition coefficient (Wildman–Crippen LogP) is 6.55. The minimum absolute atomic E-state index is 0.306. The summed E-state index contributed by atoms with van der Waals surface area (Å²) in [6, 6.07) is 18.0. The van der Waals surface area contributed by atoms with Crippen molar-refractivity contribution in [2.45, 2.75) is 30.8 Å². The number of methoxy groups -OCH3 is 1. The van der Waals surface area contributed by atoms with Crippen LogP contribution in [-0.4, -0.2) is 29.2 Å². The van der Waals surface area contributed by atoms with E-state index in [1.807, 2.05) is 30.3 Å². The van der Waals surface area contributed by atoms with E-state index in [2.05, 4.69) is 4.57 Å². The number of halogens is 2. The Balaban J connectivity index is 1.63. The van der Waals surface area contributed by atoms with Crippen LogP contribution in [0.4, 0.5) is 4.39 Å². The molecule has 0 aliphatic rings. The molecule has 3 aromatic carbocycles. The van der Waals surface area contributed by atoms with Crippen LogP contribution in [0.5, 0.6) is 5.75 Å². The molecule has 0 aliphatic heterocycles. The van der Waals surface area contributed by atoms with Crippen molar-refractivity contribution in [2.75, 3.05) is 13.7 Å². The molecule has 0 saturated heterocycles. The van der Waals surface area contributed by atoms with Crippen molar-refractivity contribution in [3.63, 3.8) is 0 Å². The number of imidazole rings is 1. The van der Waals surface area contributed by atoms with Gasteiger partial charge in [-0.05, 0) is 66.9 Å². The molecular weight excluding hydrogens is 475 g/mol. The second-order valence-corrected chi connectivity index (χ2v) is 8.97. The molecule has 4 aromatic rings. The summed E-state index contributed by atoms with van der Waals surface area (Å²) in [6.45, 7) is 2.75. The third-order valence-electron chi connectivity index (χ3n) is 5.38. The van der Waals surface area contributed by atoms with Crippen molar-refractivity contribution in [3.05, 3.63) is 88.2 Å². The zero-order valence-electron chi connectivity index (χ0n) is 18.9. The summed E-state index contributed by atoms with van der Waals surface area (Å²) in [5, 5.41) is 1.11. The van der Waals surface area contributed by atoms with E-state index in [9.17, 15) is 9.18 Å². The van der Waals surface area contributed by atoms with Gasteiger partial charge in [0.25, 0.3) is 0 Å². The summed E-state index contributed by atoms with van der Waals surface area (Å²) >= 11 is 7.33. The van der Waals surface area contributed by atoms with Crippen LogP contribution in [0, 0.1) is 5.82 Å². The van der Waals surface area contributed by atoms with Crippen LogP contribution in [0.3, 0.4) is 0 Å². The van der Waals surface area contributed by atoms with Crippen LogP contribution in [0.25, 0.3) is 11.0 Å². The molecule has 34 heavy (non-hydrogen) atoms. The minimum Gasteiger partial charge on any atom is -0.497 e. The molecule has 1 aromatic heterocycles. The summed E-state index contributed by atoms with van der Waals surface area (Å²) in [7, 11) is 1.64. The van der Waals surface area contributed by atoms with Gasteiger partial charge in [0.1, 0.15) is 11.6 Å². The van der Waals surface area contributed by atoms with Crippen LogP contribution in [0.15, 0.2) is 65.8 Å². The first-order chi connectivity index (χ1) is 16.5.